The molecule has 0 radical (unpaired) electrons. The molecule has 0 bridgehead atoms. The van der Waals surface area contributed by atoms with Crippen LogP contribution in [0, 0.1) is 5.41 Å². The average Bonchev–Trinajstić information content (AvgIpc) is 2.61. The first-order valence-corrected chi connectivity index (χ1v) is 6.08. The van der Waals surface area contributed by atoms with Gasteiger partial charge in [-0.25, -0.2) is 4.98 Å². The van der Waals surface area contributed by atoms with E-state index in [1.165, 1.54) is 17.0 Å². The summed E-state index contributed by atoms with van der Waals surface area (Å²) in [4.78, 5) is 17.5. The van der Waals surface area contributed by atoms with Crippen molar-refractivity contribution < 1.29 is 4.79 Å². The zero-order valence-electron chi connectivity index (χ0n) is 9.39. The van der Waals surface area contributed by atoms with Crippen LogP contribution in [0.25, 0.3) is 0 Å². The second kappa shape index (κ2) is 3.59. The van der Waals surface area contributed by atoms with Gasteiger partial charge in [-0.1, -0.05) is 20.8 Å². The molecule has 15 heavy (non-hydrogen) atoms. The van der Waals surface area contributed by atoms with Gasteiger partial charge < -0.3 is 5.32 Å². The molecule has 1 aromatic heterocycles. The Balaban J connectivity index is 2.09. The summed E-state index contributed by atoms with van der Waals surface area (Å²) in [6, 6.07) is 0. The normalized spacial score (nSPS) is 15.1. The summed E-state index contributed by atoms with van der Waals surface area (Å²) >= 11 is 1.62. The first kappa shape index (κ1) is 10.6. The second-order valence-electron chi connectivity index (χ2n) is 4.95. The largest absolute Gasteiger partial charge is 0.302 e. The predicted molar refractivity (Wildman–Crippen MR) is 62.2 cm³/mol. The van der Waals surface area contributed by atoms with Crippen LogP contribution in [0.1, 0.15) is 37.8 Å². The number of hydrogen-bond acceptors (Lipinski definition) is 3. The van der Waals surface area contributed by atoms with Crippen LogP contribution in [-0.2, 0) is 17.6 Å². The summed E-state index contributed by atoms with van der Waals surface area (Å²) in [5.41, 5.74) is 0.833. The van der Waals surface area contributed by atoms with Crippen molar-refractivity contribution in [2.75, 3.05) is 5.32 Å². The Bertz CT molecular complexity index is 368. The molecule has 0 fully saturated rings. The second-order valence-corrected chi connectivity index (χ2v) is 6.03. The van der Waals surface area contributed by atoms with E-state index in [4.69, 9.17) is 0 Å². The van der Waals surface area contributed by atoms with Crippen molar-refractivity contribution in [3.05, 3.63) is 10.6 Å². The molecule has 1 aliphatic rings. The van der Waals surface area contributed by atoms with E-state index in [0.717, 1.165) is 18.0 Å². The van der Waals surface area contributed by atoms with Crippen LogP contribution < -0.4 is 5.32 Å². The van der Waals surface area contributed by atoms with Gasteiger partial charge in [0.2, 0.25) is 5.91 Å². The van der Waals surface area contributed by atoms with Gasteiger partial charge in [0.15, 0.2) is 5.13 Å². The molecule has 1 N–H and O–H groups in total. The minimum atomic E-state index is -0.351. The molecule has 4 heteroatoms. The lowest BCUT2D eigenvalue weighted by atomic mass is 9.96. The van der Waals surface area contributed by atoms with Gasteiger partial charge in [0.05, 0.1) is 5.69 Å². The van der Waals surface area contributed by atoms with E-state index in [1.54, 1.807) is 11.3 Å². The molecule has 0 saturated heterocycles. The molecule has 0 spiro atoms. The summed E-state index contributed by atoms with van der Waals surface area (Å²) in [6.45, 7) is 5.72. The first-order chi connectivity index (χ1) is 6.97. The molecule has 3 nitrogen and oxygen atoms in total. The maximum atomic E-state index is 11.7. The number of rotatable bonds is 1. The van der Waals surface area contributed by atoms with E-state index in [-0.39, 0.29) is 11.3 Å². The lowest BCUT2D eigenvalue weighted by Gasteiger charge is -2.15. The van der Waals surface area contributed by atoms with Crippen LogP contribution in [0.4, 0.5) is 5.13 Å². The smallest absolute Gasteiger partial charge is 0.231 e. The highest BCUT2D eigenvalue weighted by molar-refractivity contribution is 7.15. The van der Waals surface area contributed by atoms with E-state index in [0.29, 0.717) is 0 Å². The van der Waals surface area contributed by atoms with Crippen LogP contribution in [0.2, 0.25) is 0 Å². The Morgan fingerprint density at radius 3 is 2.73 bits per heavy atom. The standard InChI is InChI=1S/C11H16N2OS/c1-11(2,3)9(14)13-10-12-7-5-4-6-8(7)15-10/h4-6H2,1-3H3,(H,12,13,14). The number of fused-ring (bicyclic) bond motifs is 1. The number of carbonyl (C=O) groups excluding carboxylic acids is 1. The fourth-order valence-electron chi connectivity index (χ4n) is 1.53. The molecule has 0 unspecified atom stereocenters. The first-order valence-electron chi connectivity index (χ1n) is 5.27. The van der Waals surface area contributed by atoms with Crippen molar-refractivity contribution in [2.24, 2.45) is 5.41 Å². The molecule has 1 heterocycles. The third-order valence-electron chi connectivity index (χ3n) is 2.50. The highest BCUT2D eigenvalue weighted by Gasteiger charge is 2.24. The number of nitrogens with zero attached hydrogens (tertiary/aromatic N) is 1. The van der Waals surface area contributed by atoms with E-state index < -0.39 is 0 Å². The van der Waals surface area contributed by atoms with E-state index in [2.05, 4.69) is 10.3 Å². The molecule has 2 rings (SSSR count). The average molecular weight is 224 g/mol. The number of hydrogen-bond donors (Lipinski definition) is 1. The summed E-state index contributed by atoms with van der Waals surface area (Å²) < 4.78 is 0. The molecule has 82 valence electrons. The Hall–Kier alpha value is -0.900. The van der Waals surface area contributed by atoms with Gasteiger partial charge in [-0.2, -0.15) is 0 Å². The van der Waals surface area contributed by atoms with Gasteiger partial charge in [0, 0.05) is 10.3 Å². The Labute approximate surface area is 93.9 Å². The number of carbonyl (C=O) groups is 1. The lowest BCUT2D eigenvalue weighted by molar-refractivity contribution is -0.123. The lowest BCUT2D eigenvalue weighted by Crippen LogP contribution is -2.27. The Morgan fingerprint density at radius 1 is 1.40 bits per heavy atom. The van der Waals surface area contributed by atoms with E-state index >= 15 is 0 Å². The minimum Gasteiger partial charge on any atom is -0.302 e. The maximum absolute atomic E-state index is 11.7. The van der Waals surface area contributed by atoms with Gasteiger partial charge in [-0.05, 0) is 19.3 Å². The van der Waals surface area contributed by atoms with Gasteiger partial charge in [-0.3, -0.25) is 4.79 Å². The van der Waals surface area contributed by atoms with Gasteiger partial charge >= 0.3 is 0 Å². The fraction of sp³-hybridized carbons (Fsp3) is 0.636. The van der Waals surface area contributed by atoms with Crippen LogP contribution in [0.15, 0.2) is 0 Å². The Kier molecular flexibility index (Phi) is 2.54. The molecular weight excluding hydrogens is 208 g/mol. The number of nitrogens with one attached hydrogen (secondary N) is 1. The molecule has 1 aliphatic carbocycles. The van der Waals surface area contributed by atoms with Crippen LogP contribution in [-0.4, -0.2) is 10.9 Å². The third-order valence-corrected chi connectivity index (χ3v) is 3.57. The number of amides is 1. The van der Waals surface area contributed by atoms with Gasteiger partial charge in [-0.15, -0.1) is 11.3 Å². The molecular formula is C11H16N2OS. The zero-order valence-corrected chi connectivity index (χ0v) is 10.2. The summed E-state index contributed by atoms with van der Waals surface area (Å²) in [6.07, 6.45) is 3.40. The minimum absolute atomic E-state index is 0.0370. The van der Waals surface area contributed by atoms with E-state index in [1.807, 2.05) is 20.8 Å². The predicted octanol–water partition coefficient (Wildman–Crippen LogP) is 2.62. The number of anilines is 1. The zero-order chi connectivity index (χ0) is 11.1. The van der Waals surface area contributed by atoms with Crippen molar-refractivity contribution >= 4 is 22.4 Å². The quantitative estimate of drug-likeness (QED) is 0.796. The topological polar surface area (TPSA) is 42.0 Å². The van der Waals surface area contributed by atoms with Crippen molar-refractivity contribution in [1.29, 1.82) is 0 Å². The van der Waals surface area contributed by atoms with Crippen molar-refractivity contribution in [2.45, 2.75) is 40.0 Å². The highest BCUT2D eigenvalue weighted by atomic mass is 32.1. The molecule has 0 saturated carbocycles. The maximum Gasteiger partial charge on any atom is 0.231 e. The monoisotopic (exact) mass is 224 g/mol. The van der Waals surface area contributed by atoms with Gasteiger partial charge in [0.25, 0.3) is 0 Å². The number of aryl methyl sites for hydroxylation is 2. The molecule has 1 amide bonds. The van der Waals surface area contributed by atoms with Crippen molar-refractivity contribution in [3.8, 4) is 0 Å². The van der Waals surface area contributed by atoms with Crippen molar-refractivity contribution in [1.82, 2.24) is 4.98 Å². The van der Waals surface area contributed by atoms with E-state index in [9.17, 15) is 4.79 Å². The fourth-order valence-corrected chi connectivity index (χ4v) is 2.57. The SMILES string of the molecule is CC(C)(C)C(=O)Nc1nc2c(s1)CCC2. The highest BCUT2D eigenvalue weighted by Crippen LogP contribution is 2.31. The van der Waals surface area contributed by atoms with Crippen LogP contribution >= 0.6 is 11.3 Å². The number of thiazole rings is 1. The molecule has 0 aromatic carbocycles. The van der Waals surface area contributed by atoms with Crippen molar-refractivity contribution in [3.63, 3.8) is 0 Å². The van der Waals surface area contributed by atoms with Gasteiger partial charge in [0.1, 0.15) is 0 Å². The van der Waals surface area contributed by atoms with Crippen LogP contribution in [0.3, 0.4) is 0 Å². The molecule has 1 aromatic rings. The molecule has 0 atom stereocenters. The summed E-state index contributed by atoms with van der Waals surface area (Å²) in [7, 11) is 0. The Morgan fingerprint density at radius 2 is 2.13 bits per heavy atom. The third kappa shape index (κ3) is 2.20. The van der Waals surface area contributed by atoms with Crippen LogP contribution in [0.5, 0.6) is 0 Å². The molecule has 0 aliphatic heterocycles. The number of aromatic nitrogens is 1. The summed E-state index contributed by atoms with van der Waals surface area (Å²) in [5, 5.41) is 3.64. The summed E-state index contributed by atoms with van der Waals surface area (Å²) in [5.74, 6) is 0.0370.